The number of rotatable bonds is 2. The lowest BCUT2D eigenvalue weighted by atomic mass is 9.71. The number of hydrogen-bond donors (Lipinski definition) is 0. The first-order valence-electron chi connectivity index (χ1n) is 8.21. The van der Waals surface area contributed by atoms with Gasteiger partial charge in [-0.2, -0.15) is 0 Å². The summed E-state index contributed by atoms with van der Waals surface area (Å²) in [4.78, 5) is 1.38. The van der Waals surface area contributed by atoms with Crippen LogP contribution in [0.1, 0.15) is 21.6 Å². The van der Waals surface area contributed by atoms with Crippen LogP contribution in [-0.4, -0.2) is 0 Å². The molecule has 1 aromatic heterocycles. The molecule has 0 fully saturated rings. The largest absolute Gasteiger partial charge is 0.147 e. The summed E-state index contributed by atoms with van der Waals surface area (Å²) in [5, 5.41) is 2.18. The maximum absolute atomic E-state index is 2.29. The van der Waals surface area contributed by atoms with Crippen LogP contribution in [0.3, 0.4) is 0 Å². The van der Waals surface area contributed by atoms with Crippen LogP contribution in [0, 0.1) is 0 Å². The minimum Gasteiger partial charge on any atom is -0.147 e. The molecule has 0 atom stereocenters. The third kappa shape index (κ3) is 1.68. The van der Waals surface area contributed by atoms with E-state index in [4.69, 9.17) is 0 Å². The highest BCUT2D eigenvalue weighted by Crippen LogP contribution is 2.56. The lowest BCUT2D eigenvalue weighted by Crippen LogP contribution is -2.27. The Hall–Kier alpha value is -2.64. The molecule has 3 aromatic carbocycles. The van der Waals surface area contributed by atoms with Crippen LogP contribution in [0.25, 0.3) is 11.1 Å². The van der Waals surface area contributed by atoms with E-state index in [0.717, 1.165) is 0 Å². The fourth-order valence-electron chi connectivity index (χ4n) is 4.13. The Morgan fingerprint density at radius 3 is 1.71 bits per heavy atom. The molecule has 0 spiro atoms. The molecule has 114 valence electrons. The van der Waals surface area contributed by atoms with Gasteiger partial charge >= 0.3 is 0 Å². The zero-order chi connectivity index (χ0) is 16.0. The first kappa shape index (κ1) is 13.8. The van der Waals surface area contributed by atoms with E-state index in [1.807, 2.05) is 11.3 Å². The predicted octanol–water partition coefficient (Wildman–Crippen LogP) is 6.11. The third-order valence-electron chi connectivity index (χ3n) is 5.05. The second-order valence-corrected chi connectivity index (χ2v) is 7.13. The van der Waals surface area contributed by atoms with Crippen molar-refractivity contribution in [3.05, 3.63) is 118 Å². The van der Waals surface area contributed by atoms with E-state index in [0.29, 0.717) is 0 Å². The maximum atomic E-state index is 2.29. The van der Waals surface area contributed by atoms with E-state index in [9.17, 15) is 0 Å². The molecule has 0 saturated carbocycles. The van der Waals surface area contributed by atoms with Gasteiger partial charge in [0.05, 0.1) is 5.41 Å². The van der Waals surface area contributed by atoms with Crippen LogP contribution < -0.4 is 0 Å². The normalized spacial score (nSPS) is 14.2. The summed E-state index contributed by atoms with van der Waals surface area (Å²) in [6, 6.07) is 33.1. The van der Waals surface area contributed by atoms with Crippen molar-refractivity contribution in [2.24, 2.45) is 0 Å². The van der Waals surface area contributed by atoms with Gasteiger partial charge in [0.25, 0.3) is 0 Å². The van der Waals surface area contributed by atoms with Gasteiger partial charge in [0.15, 0.2) is 0 Å². The predicted molar refractivity (Wildman–Crippen MR) is 102 cm³/mol. The van der Waals surface area contributed by atoms with E-state index in [2.05, 4.69) is 96.4 Å². The first-order valence-corrected chi connectivity index (χ1v) is 9.09. The Kier molecular flexibility index (Phi) is 2.97. The quantitative estimate of drug-likeness (QED) is 0.367. The molecular weight excluding hydrogens is 308 g/mol. The number of fused-ring (bicyclic) bond motifs is 3. The molecule has 0 unspecified atom stereocenters. The monoisotopic (exact) mass is 324 g/mol. The average Bonchev–Trinajstić information content (AvgIpc) is 3.28. The van der Waals surface area contributed by atoms with Gasteiger partial charge < -0.3 is 0 Å². The molecule has 0 N–H and O–H groups in total. The SMILES string of the molecule is c1ccc(C2(c3cccs3)c3ccccc3-c3ccccc32)cc1. The molecule has 0 saturated heterocycles. The molecule has 0 radical (unpaired) electrons. The van der Waals surface area contributed by atoms with Gasteiger partial charge in [-0.3, -0.25) is 0 Å². The Bertz CT molecular complexity index is 952. The average molecular weight is 324 g/mol. The van der Waals surface area contributed by atoms with Crippen molar-refractivity contribution in [3.8, 4) is 11.1 Å². The van der Waals surface area contributed by atoms with Gasteiger partial charge in [0.1, 0.15) is 0 Å². The fraction of sp³-hybridized carbons (Fsp3) is 0.0435. The van der Waals surface area contributed by atoms with E-state index in [-0.39, 0.29) is 5.41 Å². The first-order chi connectivity index (χ1) is 11.9. The topological polar surface area (TPSA) is 0 Å². The molecule has 5 rings (SSSR count). The molecule has 1 heterocycles. The highest BCUT2D eigenvalue weighted by molar-refractivity contribution is 7.10. The fourth-order valence-corrected chi connectivity index (χ4v) is 5.11. The molecule has 24 heavy (non-hydrogen) atoms. The van der Waals surface area contributed by atoms with Crippen LogP contribution in [-0.2, 0) is 5.41 Å². The molecule has 1 aliphatic rings. The second kappa shape index (κ2) is 5.19. The minimum absolute atomic E-state index is 0.206. The third-order valence-corrected chi connectivity index (χ3v) is 6.04. The van der Waals surface area contributed by atoms with Gasteiger partial charge in [-0.25, -0.2) is 0 Å². The molecule has 4 aromatic rings. The smallest absolute Gasteiger partial charge is 0.0806 e. The molecule has 0 amide bonds. The van der Waals surface area contributed by atoms with E-state index in [1.165, 1.54) is 32.7 Å². The Morgan fingerprint density at radius 1 is 0.542 bits per heavy atom. The van der Waals surface area contributed by atoms with Crippen molar-refractivity contribution in [1.29, 1.82) is 0 Å². The van der Waals surface area contributed by atoms with E-state index >= 15 is 0 Å². The lowest BCUT2D eigenvalue weighted by Gasteiger charge is -2.32. The lowest BCUT2D eigenvalue weighted by molar-refractivity contribution is 0.787. The van der Waals surface area contributed by atoms with Gasteiger partial charge in [-0.1, -0.05) is 84.9 Å². The summed E-state index contributed by atoms with van der Waals surface area (Å²) in [7, 11) is 0. The van der Waals surface area contributed by atoms with Gasteiger partial charge in [0, 0.05) is 4.88 Å². The highest BCUT2D eigenvalue weighted by Gasteiger charge is 2.46. The van der Waals surface area contributed by atoms with Crippen molar-refractivity contribution in [1.82, 2.24) is 0 Å². The van der Waals surface area contributed by atoms with E-state index < -0.39 is 0 Å². The summed E-state index contributed by atoms with van der Waals surface area (Å²) in [5.74, 6) is 0. The summed E-state index contributed by atoms with van der Waals surface area (Å²) in [6.45, 7) is 0. The van der Waals surface area contributed by atoms with Crippen LogP contribution in [0.2, 0.25) is 0 Å². The van der Waals surface area contributed by atoms with Gasteiger partial charge in [-0.15, -0.1) is 11.3 Å². The van der Waals surface area contributed by atoms with Gasteiger partial charge in [0.2, 0.25) is 0 Å². The summed E-state index contributed by atoms with van der Waals surface area (Å²) < 4.78 is 0. The number of hydrogen-bond acceptors (Lipinski definition) is 1. The molecular formula is C23H16S. The molecule has 1 aliphatic carbocycles. The van der Waals surface area contributed by atoms with E-state index in [1.54, 1.807) is 0 Å². The van der Waals surface area contributed by atoms with Crippen molar-refractivity contribution in [3.63, 3.8) is 0 Å². The van der Waals surface area contributed by atoms with Crippen molar-refractivity contribution in [2.45, 2.75) is 5.41 Å². The maximum Gasteiger partial charge on any atom is 0.0806 e. The van der Waals surface area contributed by atoms with Crippen LogP contribution >= 0.6 is 11.3 Å². The molecule has 0 aliphatic heterocycles. The standard InChI is InChI=1S/C23H16S/c1-2-9-17(10-3-1)23(22-15-8-16-24-22)20-13-6-4-11-18(20)19-12-5-7-14-21(19)23/h1-16H. The second-order valence-electron chi connectivity index (χ2n) is 6.18. The molecule has 0 nitrogen and oxygen atoms in total. The zero-order valence-electron chi connectivity index (χ0n) is 13.1. The summed E-state index contributed by atoms with van der Waals surface area (Å²) in [6.07, 6.45) is 0. The van der Waals surface area contributed by atoms with Crippen LogP contribution in [0.15, 0.2) is 96.4 Å². The zero-order valence-corrected chi connectivity index (χ0v) is 14.0. The molecule has 0 bridgehead atoms. The van der Waals surface area contributed by atoms with Crippen molar-refractivity contribution >= 4 is 11.3 Å². The summed E-state index contributed by atoms with van der Waals surface area (Å²) in [5.41, 5.74) is 6.61. The number of thiophene rings is 1. The molecule has 1 heteroatoms. The van der Waals surface area contributed by atoms with Crippen molar-refractivity contribution in [2.75, 3.05) is 0 Å². The Balaban J connectivity index is 1.98. The number of benzene rings is 3. The van der Waals surface area contributed by atoms with Crippen LogP contribution in [0.4, 0.5) is 0 Å². The Morgan fingerprint density at radius 2 is 1.12 bits per heavy atom. The van der Waals surface area contributed by atoms with Gasteiger partial charge in [-0.05, 0) is 39.3 Å². The Labute approximate surface area is 146 Å². The minimum atomic E-state index is -0.206. The van der Waals surface area contributed by atoms with Crippen molar-refractivity contribution < 1.29 is 0 Å². The van der Waals surface area contributed by atoms with Crippen LogP contribution in [0.5, 0.6) is 0 Å². The highest BCUT2D eigenvalue weighted by atomic mass is 32.1. The summed E-state index contributed by atoms with van der Waals surface area (Å²) >= 11 is 1.84.